The zero-order chi connectivity index (χ0) is 19.6. The van der Waals surface area contributed by atoms with E-state index >= 15 is 0 Å². The highest BCUT2D eigenvalue weighted by molar-refractivity contribution is 5.83. The minimum atomic E-state index is -0.156. The second-order valence-electron chi connectivity index (χ2n) is 7.41. The highest BCUT2D eigenvalue weighted by Gasteiger charge is 2.16. The van der Waals surface area contributed by atoms with Gasteiger partial charge in [-0.05, 0) is 25.7 Å². The van der Waals surface area contributed by atoms with Crippen molar-refractivity contribution < 1.29 is 9.21 Å². The fraction of sp³-hybridized carbons (Fsp3) is 0.550. The van der Waals surface area contributed by atoms with Gasteiger partial charge < -0.3 is 9.73 Å². The van der Waals surface area contributed by atoms with Crippen LogP contribution in [0.25, 0.3) is 16.6 Å². The number of fused-ring (bicyclic) bond motifs is 3. The molecule has 1 N–H and O–H groups in total. The van der Waals surface area contributed by atoms with Crippen molar-refractivity contribution in [2.24, 2.45) is 5.92 Å². The van der Waals surface area contributed by atoms with Crippen molar-refractivity contribution in [3.63, 3.8) is 0 Å². The first-order valence-corrected chi connectivity index (χ1v) is 9.69. The molecule has 0 aliphatic rings. The van der Waals surface area contributed by atoms with Crippen LogP contribution in [0.4, 0.5) is 0 Å². The first-order chi connectivity index (χ1) is 12.9. The van der Waals surface area contributed by atoms with Crippen LogP contribution in [0, 0.1) is 12.8 Å². The molecule has 0 bridgehead atoms. The summed E-state index contributed by atoms with van der Waals surface area (Å²) < 4.78 is 9.02. The molecule has 3 heterocycles. The van der Waals surface area contributed by atoms with Crippen LogP contribution < -0.4 is 10.9 Å². The molecule has 3 aromatic rings. The fourth-order valence-corrected chi connectivity index (χ4v) is 3.27. The van der Waals surface area contributed by atoms with E-state index in [1.807, 2.05) is 24.3 Å². The van der Waals surface area contributed by atoms with Crippen LogP contribution in [0.15, 0.2) is 21.3 Å². The first kappa shape index (κ1) is 19.2. The molecule has 0 atom stereocenters. The number of carbonyl (C=O) groups excluding carboxylic acids is 1. The predicted molar refractivity (Wildman–Crippen MR) is 105 cm³/mol. The molecule has 146 valence electrons. The standard InChI is InChI=1S/C20H28N4O3/c1-5-18-22-23(10-6-7-19(25)21-9-8-13(2)3)20(26)16-12-17-15(24(16)18)11-14(4)27-17/h11-13H,5-10H2,1-4H3,(H,21,25). The number of aryl methyl sites for hydroxylation is 3. The quantitative estimate of drug-likeness (QED) is 0.659. The van der Waals surface area contributed by atoms with E-state index < -0.39 is 0 Å². The molecule has 0 saturated carbocycles. The first-order valence-electron chi connectivity index (χ1n) is 9.69. The Labute approximate surface area is 158 Å². The number of aromatic nitrogens is 3. The summed E-state index contributed by atoms with van der Waals surface area (Å²) in [6, 6.07) is 3.70. The third-order valence-corrected chi connectivity index (χ3v) is 4.69. The largest absolute Gasteiger partial charge is 0.460 e. The Bertz CT molecular complexity index is 1010. The highest BCUT2D eigenvalue weighted by Crippen LogP contribution is 2.23. The van der Waals surface area contributed by atoms with Gasteiger partial charge >= 0.3 is 0 Å². The second-order valence-corrected chi connectivity index (χ2v) is 7.41. The van der Waals surface area contributed by atoms with Gasteiger partial charge in [-0.25, -0.2) is 4.68 Å². The van der Waals surface area contributed by atoms with E-state index in [0.29, 0.717) is 49.4 Å². The Hall–Kier alpha value is -2.57. The van der Waals surface area contributed by atoms with E-state index in [2.05, 4.69) is 24.3 Å². The maximum Gasteiger partial charge on any atom is 0.291 e. The van der Waals surface area contributed by atoms with Crippen LogP contribution in [0.2, 0.25) is 0 Å². The van der Waals surface area contributed by atoms with Gasteiger partial charge in [-0.1, -0.05) is 20.8 Å². The number of carbonyl (C=O) groups is 1. The molecule has 7 heteroatoms. The van der Waals surface area contributed by atoms with E-state index in [4.69, 9.17) is 4.42 Å². The van der Waals surface area contributed by atoms with Gasteiger partial charge in [0.1, 0.15) is 17.1 Å². The van der Waals surface area contributed by atoms with Crippen molar-refractivity contribution in [1.82, 2.24) is 19.5 Å². The van der Waals surface area contributed by atoms with Crippen LogP contribution in [-0.4, -0.2) is 26.6 Å². The van der Waals surface area contributed by atoms with Crippen molar-refractivity contribution in [3.05, 3.63) is 34.1 Å². The monoisotopic (exact) mass is 372 g/mol. The van der Waals surface area contributed by atoms with Crippen LogP contribution in [0.5, 0.6) is 0 Å². The average Bonchev–Trinajstić information content (AvgIpc) is 3.13. The Morgan fingerprint density at radius 2 is 2.07 bits per heavy atom. The molecule has 0 aliphatic heterocycles. The van der Waals surface area contributed by atoms with Gasteiger partial charge in [0.15, 0.2) is 5.58 Å². The Balaban J connectivity index is 1.74. The Kier molecular flexibility index (Phi) is 5.68. The zero-order valence-electron chi connectivity index (χ0n) is 16.5. The zero-order valence-corrected chi connectivity index (χ0v) is 16.5. The molecular weight excluding hydrogens is 344 g/mol. The molecule has 0 unspecified atom stereocenters. The van der Waals surface area contributed by atoms with Gasteiger partial charge in [0.25, 0.3) is 5.56 Å². The lowest BCUT2D eigenvalue weighted by atomic mass is 10.1. The fourth-order valence-electron chi connectivity index (χ4n) is 3.27. The lowest BCUT2D eigenvalue weighted by Gasteiger charge is -2.10. The molecule has 27 heavy (non-hydrogen) atoms. The molecule has 0 aromatic carbocycles. The van der Waals surface area contributed by atoms with Crippen molar-refractivity contribution in [3.8, 4) is 0 Å². The summed E-state index contributed by atoms with van der Waals surface area (Å²) >= 11 is 0. The van der Waals surface area contributed by atoms with Crippen molar-refractivity contribution in [1.29, 1.82) is 0 Å². The summed E-state index contributed by atoms with van der Waals surface area (Å²) in [5.74, 6) is 2.21. The highest BCUT2D eigenvalue weighted by atomic mass is 16.3. The lowest BCUT2D eigenvalue weighted by molar-refractivity contribution is -0.121. The molecule has 0 aliphatic carbocycles. The van der Waals surface area contributed by atoms with Gasteiger partial charge in [0.05, 0.1) is 5.52 Å². The third-order valence-electron chi connectivity index (χ3n) is 4.69. The predicted octanol–water partition coefficient (Wildman–Crippen LogP) is 3.06. The summed E-state index contributed by atoms with van der Waals surface area (Å²) in [5, 5.41) is 7.45. The molecular formula is C20H28N4O3. The maximum atomic E-state index is 12.8. The van der Waals surface area contributed by atoms with Gasteiger partial charge in [-0.2, -0.15) is 5.10 Å². The number of nitrogens with one attached hydrogen (secondary N) is 1. The van der Waals surface area contributed by atoms with Crippen molar-refractivity contribution >= 4 is 22.5 Å². The lowest BCUT2D eigenvalue weighted by Crippen LogP contribution is -2.29. The van der Waals surface area contributed by atoms with Crippen LogP contribution in [-0.2, 0) is 17.8 Å². The molecule has 7 nitrogen and oxygen atoms in total. The number of amides is 1. The molecule has 0 saturated heterocycles. The summed E-state index contributed by atoms with van der Waals surface area (Å²) in [4.78, 5) is 24.7. The summed E-state index contributed by atoms with van der Waals surface area (Å²) in [6.07, 6.45) is 2.63. The Morgan fingerprint density at radius 1 is 1.30 bits per heavy atom. The normalized spacial score (nSPS) is 11.7. The summed E-state index contributed by atoms with van der Waals surface area (Å²) in [5.41, 5.74) is 1.98. The molecule has 1 amide bonds. The van der Waals surface area contributed by atoms with Crippen molar-refractivity contribution in [2.45, 2.75) is 59.9 Å². The number of rotatable bonds is 8. The third kappa shape index (κ3) is 4.07. The summed E-state index contributed by atoms with van der Waals surface area (Å²) in [7, 11) is 0. The molecule has 0 fully saturated rings. The van der Waals surface area contributed by atoms with E-state index in [9.17, 15) is 9.59 Å². The summed E-state index contributed by atoms with van der Waals surface area (Å²) in [6.45, 7) is 9.28. The SMILES string of the molecule is CCc1nn(CCCC(=O)NCCC(C)C)c(=O)c2cc3oc(C)cc3n12. The smallest absolute Gasteiger partial charge is 0.291 e. The molecule has 3 aromatic heterocycles. The van der Waals surface area contributed by atoms with Crippen LogP contribution in [0.3, 0.4) is 0 Å². The molecule has 0 spiro atoms. The number of furan rings is 1. The number of hydrogen-bond donors (Lipinski definition) is 1. The van der Waals surface area contributed by atoms with Gasteiger partial charge in [0, 0.05) is 38.1 Å². The number of hydrogen-bond acceptors (Lipinski definition) is 4. The maximum absolute atomic E-state index is 12.8. The van der Waals surface area contributed by atoms with Crippen molar-refractivity contribution in [2.75, 3.05) is 6.54 Å². The van der Waals surface area contributed by atoms with Crippen LogP contribution >= 0.6 is 0 Å². The van der Waals surface area contributed by atoms with E-state index in [0.717, 1.165) is 23.5 Å². The van der Waals surface area contributed by atoms with Gasteiger partial charge in [0.2, 0.25) is 5.91 Å². The van der Waals surface area contributed by atoms with E-state index in [-0.39, 0.29) is 11.5 Å². The Morgan fingerprint density at radius 3 is 2.78 bits per heavy atom. The van der Waals surface area contributed by atoms with E-state index in [1.165, 1.54) is 4.68 Å². The second kappa shape index (κ2) is 7.98. The number of nitrogens with zero attached hydrogens (tertiary/aromatic N) is 3. The minimum absolute atomic E-state index is 0.0242. The molecule has 3 rings (SSSR count). The molecule has 0 radical (unpaired) electrons. The topological polar surface area (TPSA) is 81.5 Å². The van der Waals surface area contributed by atoms with Gasteiger partial charge in [-0.15, -0.1) is 0 Å². The minimum Gasteiger partial charge on any atom is -0.460 e. The van der Waals surface area contributed by atoms with Gasteiger partial charge in [-0.3, -0.25) is 14.0 Å². The van der Waals surface area contributed by atoms with Crippen LogP contribution in [0.1, 0.15) is 51.6 Å². The van der Waals surface area contributed by atoms with E-state index in [1.54, 1.807) is 6.07 Å². The average molecular weight is 372 g/mol.